The number of aryl methyl sites for hydroxylation is 1. The third kappa shape index (κ3) is 2.05. The minimum atomic E-state index is 0.144. The summed E-state index contributed by atoms with van der Waals surface area (Å²) in [6, 6.07) is 2.06. The second-order valence-electron chi connectivity index (χ2n) is 5.59. The Morgan fingerprint density at radius 2 is 2.05 bits per heavy atom. The van der Waals surface area contributed by atoms with Crippen molar-refractivity contribution in [1.82, 2.24) is 24.7 Å². The summed E-state index contributed by atoms with van der Waals surface area (Å²) >= 11 is 0. The second kappa shape index (κ2) is 4.85. The van der Waals surface area contributed by atoms with Crippen LogP contribution in [-0.2, 0) is 6.54 Å². The largest absolute Gasteiger partial charge is 0.329 e. The van der Waals surface area contributed by atoms with Gasteiger partial charge in [-0.1, -0.05) is 13.8 Å². The zero-order valence-electron chi connectivity index (χ0n) is 12.4. The van der Waals surface area contributed by atoms with Crippen molar-refractivity contribution in [2.24, 2.45) is 0 Å². The molecule has 1 aliphatic heterocycles. The van der Waals surface area contributed by atoms with E-state index in [0.717, 1.165) is 36.4 Å². The molecule has 2 aromatic rings. The molecule has 2 aromatic heterocycles. The zero-order chi connectivity index (χ0) is 14.3. The van der Waals surface area contributed by atoms with Gasteiger partial charge >= 0.3 is 0 Å². The van der Waals surface area contributed by atoms with Gasteiger partial charge in [0.25, 0.3) is 0 Å². The Kier molecular flexibility index (Phi) is 3.16. The average Bonchev–Trinajstić information content (AvgIpc) is 2.84. The van der Waals surface area contributed by atoms with Gasteiger partial charge < -0.3 is 9.47 Å². The average molecular weight is 272 g/mol. The Balaban J connectivity index is 1.95. The van der Waals surface area contributed by atoms with Gasteiger partial charge in [0.2, 0.25) is 5.95 Å². The van der Waals surface area contributed by atoms with Crippen molar-refractivity contribution in [2.45, 2.75) is 46.2 Å². The van der Waals surface area contributed by atoms with Crippen molar-refractivity contribution in [1.29, 1.82) is 0 Å². The van der Waals surface area contributed by atoms with Crippen LogP contribution in [0, 0.1) is 6.92 Å². The molecule has 0 fully saturated rings. The molecule has 1 unspecified atom stereocenters. The molecule has 3 rings (SSSR count). The van der Waals surface area contributed by atoms with Gasteiger partial charge in [-0.3, -0.25) is 0 Å². The number of fused-ring (bicyclic) bond motifs is 1. The highest BCUT2D eigenvalue weighted by Crippen LogP contribution is 2.29. The standard InChI is InChI=1S/C14H20N6/c1-9(2)12-17-18-13-11(4)19(7-8-20(12)13)14-15-6-5-10(3)16-14/h5-6,9,11H,7-8H2,1-4H3. The number of aromatic nitrogens is 5. The van der Waals surface area contributed by atoms with E-state index in [1.54, 1.807) is 0 Å². The molecule has 0 amide bonds. The molecule has 0 saturated carbocycles. The first-order chi connectivity index (χ1) is 9.58. The molecule has 1 atom stereocenters. The van der Waals surface area contributed by atoms with E-state index in [2.05, 4.69) is 50.4 Å². The second-order valence-corrected chi connectivity index (χ2v) is 5.59. The smallest absolute Gasteiger partial charge is 0.226 e. The third-order valence-corrected chi connectivity index (χ3v) is 3.77. The topological polar surface area (TPSA) is 59.7 Å². The van der Waals surface area contributed by atoms with Crippen molar-refractivity contribution in [3.8, 4) is 0 Å². The van der Waals surface area contributed by atoms with Gasteiger partial charge in [0.1, 0.15) is 5.82 Å². The molecule has 1 aliphatic rings. The summed E-state index contributed by atoms with van der Waals surface area (Å²) in [6.07, 6.45) is 1.81. The van der Waals surface area contributed by atoms with Gasteiger partial charge in [-0.25, -0.2) is 9.97 Å². The molecule has 3 heterocycles. The Morgan fingerprint density at radius 3 is 2.75 bits per heavy atom. The summed E-state index contributed by atoms with van der Waals surface area (Å²) in [6.45, 7) is 10.2. The molecular weight excluding hydrogens is 252 g/mol. The van der Waals surface area contributed by atoms with Gasteiger partial charge in [0.05, 0.1) is 6.04 Å². The van der Waals surface area contributed by atoms with Crippen LogP contribution in [-0.4, -0.2) is 31.3 Å². The first-order valence-corrected chi connectivity index (χ1v) is 7.07. The van der Waals surface area contributed by atoms with Crippen LogP contribution in [0.15, 0.2) is 12.3 Å². The third-order valence-electron chi connectivity index (χ3n) is 3.77. The molecule has 6 heteroatoms. The van der Waals surface area contributed by atoms with Crippen LogP contribution in [0.3, 0.4) is 0 Å². The highest BCUT2D eigenvalue weighted by molar-refractivity contribution is 5.35. The van der Waals surface area contributed by atoms with Crippen molar-refractivity contribution >= 4 is 5.95 Å². The summed E-state index contributed by atoms with van der Waals surface area (Å²) in [4.78, 5) is 11.1. The van der Waals surface area contributed by atoms with Gasteiger partial charge in [-0.05, 0) is 19.9 Å². The van der Waals surface area contributed by atoms with E-state index in [-0.39, 0.29) is 6.04 Å². The van der Waals surface area contributed by atoms with Crippen LogP contribution < -0.4 is 4.90 Å². The van der Waals surface area contributed by atoms with Gasteiger partial charge in [0, 0.05) is 30.9 Å². The fourth-order valence-corrected chi connectivity index (χ4v) is 2.68. The minimum absolute atomic E-state index is 0.144. The maximum atomic E-state index is 4.52. The predicted octanol–water partition coefficient (Wildman–Crippen LogP) is 2.08. The van der Waals surface area contributed by atoms with Crippen LogP contribution in [0.1, 0.15) is 50.1 Å². The minimum Gasteiger partial charge on any atom is -0.329 e. The first-order valence-electron chi connectivity index (χ1n) is 7.07. The molecule has 0 saturated heterocycles. The van der Waals surface area contributed by atoms with Crippen LogP contribution >= 0.6 is 0 Å². The number of rotatable bonds is 2. The number of nitrogens with zero attached hydrogens (tertiary/aromatic N) is 6. The highest BCUT2D eigenvalue weighted by atomic mass is 15.4. The van der Waals surface area contributed by atoms with Gasteiger partial charge in [-0.2, -0.15) is 0 Å². The summed E-state index contributed by atoms with van der Waals surface area (Å²) in [5, 5.41) is 8.71. The van der Waals surface area contributed by atoms with E-state index in [4.69, 9.17) is 0 Å². The van der Waals surface area contributed by atoms with Gasteiger partial charge in [0.15, 0.2) is 5.82 Å². The summed E-state index contributed by atoms with van der Waals surface area (Å²) in [7, 11) is 0. The zero-order valence-corrected chi connectivity index (χ0v) is 12.4. The van der Waals surface area contributed by atoms with E-state index < -0.39 is 0 Å². The van der Waals surface area contributed by atoms with E-state index in [0.29, 0.717) is 5.92 Å². The maximum absolute atomic E-state index is 4.52. The SMILES string of the molecule is Cc1ccnc(N2CCn3c(C(C)C)nnc3C2C)n1. The molecule has 0 radical (unpaired) electrons. The van der Waals surface area contributed by atoms with Crippen molar-refractivity contribution in [3.05, 3.63) is 29.6 Å². The molecule has 0 aliphatic carbocycles. The Bertz CT molecular complexity index is 618. The van der Waals surface area contributed by atoms with E-state index in [1.165, 1.54) is 0 Å². The van der Waals surface area contributed by atoms with E-state index in [1.807, 2.05) is 19.2 Å². The molecule has 20 heavy (non-hydrogen) atoms. The first kappa shape index (κ1) is 13.0. The molecule has 6 nitrogen and oxygen atoms in total. The number of anilines is 1. The monoisotopic (exact) mass is 272 g/mol. The van der Waals surface area contributed by atoms with Crippen molar-refractivity contribution in [2.75, 3.05) is 11.4 Å². The molecule has 0 N–H and O–H groups in total. The Hall–Kier alpha value is -1.98. The predicted molar refractivity (Wildman–Crippen MR) is 76.6 cm³/mol. The Morgan fingerprint density at radius 1 is 1.25 bits per heavy atom. The molecule has 0 spiro atoms. The van der Waals surface area contributed by atoms with Crippen LogP contribution in [0.5, 0.6) is 0 Å². The fraction of sp³-hybridized carbons (Fsp3) is 0.571. The summed E-state index contributed by atoms with van der Waals surface area (Å²) in [5.74, 6) is 3.24. The lowest BCUT2D eigenvalue weighted by molar-refractivity contribution is 0.473. The van der Waals surface area contributed by atoms with E-state index >= 15 is 0 Å². The summed E-state index contributed by atoms with van der Waals surface area (Å²) < 4.78 is 2.24. The van der Waals surface area contributed by atoms with Crippen LogP contribution in [0.4, 0.5) is 5.95 Å². The normalized spacial score (nSPS) is 18.4. The number of hydrogen-bond donors (Lipinski definition) is 0. The van der Waals surface area contributed by atoms with Crippen LogP contribution in [0.2, 0.25) is 0 Å². The number of hydrogen-bond acceptors (Lipinski definition) is 5. The Labute approximate surface area is 118 Å². The highest BCUT2D eigenvalue weighted by Gasteiger charge is 2.30. The quantitative estimate of drug-likeness (QED) is 0.837. The lowest BCUT2D eigenvalue weighted by Gasteiger charge is -2.34. The lowest BCUT2D eigenvalue weighted by atomic mass is 10.1. The lowest BCUT2D eigenvalue weighted by Crippen LogP contribution is -2.38. The van der Waals surface area contributed by atoms with Gasteiger partial charge in [-0.15, -0.1) is 10.2 Å². The molecular formula is C14H20N6. The maximum Gasteiger partial charge on any atom is 0.226 e. The molecule has 0 aromatic carbocycles. The summed E-state index contributed by atoms with van der Waals surface area (Å²) in [5.41, 5.74) is 0.983. The van der Waals surface area contributed by atoms with Crippen molar-refractivity contribution < 1.29 is 0 Å². The molecule has 106 valence electrons. The van der Waals surface area contributed by atoms with Crippen molar-refractivity contribution in [3.63, 3.8) is 0 Å². The molecule has 0 bridgehead atoms. The van der Waals surface area contributed by atoms with Crippen LogP contribution in [0.25, 0.3) is 0 Å². The van der Waals surface area contributed by atoms with E-state index in [9.17, 15) is 0 Å². The fourth-order valence-electron chi connectivity index (χ4n) is 2.68.